The minimum absolute atomic E-state index is 0.113. The first kappa shape index (κ1) is 16.9. The van der Waals surface area contributed by atoms with E-state index in [9.17, 15) is 14.0 Å². The van der Waals surface area contributed by atoms with Crippen LogP contribution in [-0.4, -0.2) is 32.7 Å². The first-order chi connectivity index (χ1) is 12.6. The fraction of sp³-hybridized carbons (Fsp3) is 0.450. The molecule has 0 spiro atoms. The SMILES string of the molecule is Cc1cc(=O)c(C(=O)N(C2CCCC2)C2CC2)nn1-c1ccccc1F. The summed E-state index contributed by atoms with van der Waals surface area (Å²) in [6, 6.07) is 8.00. The van der Waals surface area contributed by atoms with Gasteiger partial charge in [0.05, 0.1) is 0 Å². The molecule has 2 aromatic rings. The van der Waals surface area contributed by atoms with Crippen molar-refractivity contribution < 1.29 is 9.18 Å². The molecule has 6 heteroatoms. The molecule has 2 aliphatic rings. The van der Waals surface area contributed by atoms with Gasteiger partial charge in [-0.25, -0.2) is 9.07 Å². The molecule has 26 heavy (non-hydrogen) atoms. The summed E-state index contributed by atoms with van der Waals surface area (Å²) >= 11 is 0. The van der Waals surface area contributed by atoms with Crippen molar-refractivity contribution in [2.24, 2.45) is 0 Å². The van der Waals surface area contributed by atoms with E-state index in [-0.39, 0.29) is 29.4 Å². The lowest BCUT2D eigenvalue weighted by Gasteiger charge is -2.28. The van der Waals surface area contributed by atoms with Crippen LogP contribution in [0, 0.1) is 12.7 Å². The van der Waals surface area contributed by atoms with Crippen LogP contribution in [0.5, 0.6) is 0 Å². The van der Waals surface area contributed by atoms with Crippen molar-refractivity contribution in [3.8, 4) is 5.69 Å². The molecule has 136 valence electrons. The van der Waals surface area contributed by atoms with Crippen LogP contribution in [0.15, 0.2) is 35.1 Å². The summed E-state index contributed by atoms with van der Waals surface area (Å²) in [6.45, 7) is 1.69. The monoisotopic (exact) mass is 355 g/mol. The number of para-hydroxylation sites is 1. The van der Waals surface area contributed by atoms with Gasteiger partial charge in [0, 0.05) is 23.8 Å². The number of amides is 1. The van der Waals surface area contributed by atoms with Crippen LogP contribution in [0.1, 0.15) is 54.7 Å². The molecule has 0 radical (unpaired) electrons. The van der Waals surface area contributed by atoms with E-state index in [2.05, 4.69) is 5.10 Å². The number of halogens is 1. The van der Waals surface area contributed by atoms with Gasteiger partial charge in [0.2, 0.25) is 5.43 Å². The third-order valence-electron chi connectivity index (χ3n) is 5.28. The third kappa shape index (κ3) is 3.04. The minimum atomic E-state index is -0.444. The Morgan fingerprint density at radius 2 is 1.81 bits per heavy atom. The molecule has 2 saturated carbocycles. The van der Waals surface area contributed by atoms with E-state index in [0.29, 0.717) is 5.69 Å². The first-order valence-electron chi connectivity index (χ1n) is 9.25. The van der Waals surface area contributed by atoms with Crippen LogP contribution in [0.25, 0.3) is 5.69 Å². The zero-order chi connectivity index (χ0) is 18.3. The number of nitrogens with zero attached hydrogens (tertiary/aromatic N) is 3. The molecule has 4 rings (SSSR count). The largest absolute Gasteiger partial charge is 0.331 e. The van der Waals surface area contributed by atoms with Crippen molar-refractivity contribution in [2.75, 3.05) is 0 Å². The summed E-state index contributed by atoms with van der Waals surface area (Å²) in [5.41, 5.74) is 0.217. The van der Waals surface area contributed by atoms with Gasteiger partial charge in [-0.3, -0.25) is 9.59 Å². The van der Waals surface area contributed by atoms with E-state index in [1.807, 2.05) is 4.90 Å². The predicted octanol–water partition coefficient (Wildman–Crippen LogP) is 3.23. The number of benzene rings is 1. The highest BCUT2D eigenvalue weighted by Crippen LogP contribution is 2.35. The Labute approximate surface area is 151 Å². The molecule has 0 saturated heterocycles. The van der Waals surface area contributed by atoms with Crippen LogP contribution >= 0.6 is 0 Å². The molecule has 0 bridgehead atoms. The number of aromatic nitrogens is 2. The Bertz CT molecular complexity index is 898. The van der Waals surface area contributed by atoms with Gasteiger partial charge in [-0.05, 0) is 44.7 Å². The smallest absolute Gasteiger partial charge is 0.278 e. The number of rotatable bonds is 4. The number of hydrogen-bond donors (Lipinski definition) is 0. The molecule has 1 aromatic heterocycles. The quantitative estimate of drug-likeness (QED) is 0.846. The Balaban J connectivity index is 1.76. The minimum Gasteiger partial charge on any atom is -0.331 e. The number of carbonyl (C=O) groups excluding carboxylic acids is 1. The molecule has 0 atom stereocenters. The molecule has 1 heterocycles. The molecule has 0 unspecified atom stereocenters. The van der Waals surface area contributed by atoms with E-state index >= 15 is 0 Å². The molecule has 1 aromatic carbocycles. The average Bonchev–Trinajstić information content (AvgIpc) is 3.30. The Kier molecular flexibility index (Phi) is 4.34. The van der Waals surface area contributed by atoms with Gasteiger partial charge in [-0.2, -0.15) is 5.10 Å². The van der Waals surface area contributed by atoms with Crippen LogP contribution in [-0.2, 0) is 0 Å². The second-order valence-corrected chi connectivity index (χ2v) is 7.24. The van der Waals surface area contributed by atoms with Crippen LogP contribution in [0.3, 0.4) is 0 Å². The highest BCUT2D eigenvalue weighted by molar-refractivity contribution is 5.92. The molecule has 0 aliphatic heterocycles. The first-order valence-corrected chi connectivity index (χ1v) is 9.25. The van der Waals surface area contributed by atoms with Crippen LogP contribution in [0.4, 0.5) is 4.39 Å². The van der Waals surface area contributed by atoms with Crippen LogP contribution in [0.2, 0.25) is 0 Å². The van der Waals surface area contributed by atoms with Gasteiger partial charge in [0.1, 0.15) is 11.5 Å². The van der Waals surface area contributed by atoms with Crippen molar-refractivity contribution in [3.63, 3.8) is 0 Å². The summed E-state index contributed by atoms with van der Waals surface area (Å²) in [4.78, 5) is 27.5. The summed E-state index contributed by atoms with van der Waals surface area (Å²) in [5.74, 6) is -0.755. The van der Waals surface area contributed by atoms with Gasteiger partial charge < -0.3 is 4.90 Å². The van der Waals surface area contributed by atoms with E-state index in [0.717, 1.165) is 38.5 Å². The standard InChI is InChI=1S/C20H22FN3O2/c1-13-12-18(25)19(22-24(13)17-9-5-4-8-16(17)21)20(26)23(15-10-11-15)14-6-2-3-7-14/h4-5,8-9,12,14-15H,2-3,6-7,10-11H2,1H3. The Morgan fingerprint density at radius 3 is 2.46 bits per heavy atom. The van der Waals surface area contributed by atoms with Gasteiger partial charge in [-0.15, -0.1) is 0 Å². The van der Waals surface area contributed by atoms with Crippen molar-refractivity contribution >= 4 is 5.91 Å². The van der Waals surface area contributed by atoms with E-state index in [1.165, 1.54) is 16.8 Å². The van der Waals surface area contributed by atoms with E-state index < -0.39 is 11.2 Å². The van der Waals surface area contributed by atoms with Gasteiger partial charge in [0.15, 0.2) is 5.69 Å². The number of hydrogen-bond acceptors (Lipinski definition) is 3. The molecular weight excluding hydrogens is 333 g/mol. The lowest BCUT2D eigenvalue weighted by atomic mass is 10.1. The summed E-state index contributed by atoms with van der Waals surface area (Å²) in [6.07, 6.45) is 6.15. The number of aryl methyl sites for hydroxylation is 1. The second kappa shape index (κ2) is 6.67. The third-order valence-corrected chi connectivity index (χ3v) is 5.28. The van der Waals surface area contributed by atoms with Crippen molar-refractivity contribution in [2.45, 2.75) is 57.5 Å². The topological polar surface area (TPSA) is 55.2 Å². The Hall–Kier alpha value is -2.50. The van der Waals surface area contributed by atoms with Crippen LogP contribution < -0.4 is 5.43 Å². The van der Waals surface area contributed by atoms with Gasteiger partial charge in [-0.1, -0.05) is 25.0 Å². The molecule has 5 nitrogen and oxygen atoms in total. The molecule has 2 aliphatic carbocycles. The number of carbonyl (C=O) groups is 1. The lowest BCUT2D eigenvalue weighted by molar-refractivity contribution is 0.0654. The molecule has 2 fully saturated rings. The van der Waals surface area contributed by atoms with Crippen molar-refractivity contribution in [1.29, 1.82) is 0 Å². The maximum Gasteiger partial charge on any atom is 0.278 e. The van der Waals surface area contributed by atoms with Gasteiger partial charge in [0.25, 0.3) is 5.91 Å². The summed E-state index contributed by atoms with van der Waals surface area (Å²) in [5, 5.41) is 4.28. The zero-order valence-electron chi connectivity index (χ0n) is 14.8. The normalized spacial score (nSPS) is 17.5. The van der Waals surface area contributed by atoms with Crippen molar-refractivity contribution in [3.05, 3.63) is 57.8 Å². The highest BCUT2D eigenvalue weighted by Gasteiger charge is 2.40. The van der Waals surface area contributed by atoms with E-state index in [1.54, 1.807) is 25.1 Å². The maximum absolute atomic E-state index is 14.2. The lowest BCUT2D eigenvalue weighted by Crippen LogP contribution is -2.43. The maximum atomic E-state index is 14.2. The summed E-state index contributed by atoms with van der Waals surface area (Å²) in [7, 11) is 0. The summed E-state index contributed by atoms with van der Waals surface area (Å²) < 4.78 is 15.5. The molecule has 1 amide bonds. The molecular formula is C20H22FN3O2. The van der Waals surface area contributed by atoms with E-state index in [4.69, 9.17) is 0 Å². The van der Waals surface area contributed by atoms with Crippen molar-refractivity contribution in [1.82, 2.24) is 14.7 Å². The van der Waals surface area contributed by atoms with Gasteiger partial charge >= 0.3 is 0 Å². The fourth-order valence-corrected chi connectivity index (χ4v) is 3.85. The zero-order valence-corrected chi connectivity index (χ0v) is 14.8. The fourth-order valence-electron chi connectivity index (χ4n) is 3.85. The predicted molar refractivity (Wildman–Crippen MR) is 96.0 cm³/mol. The average molecular weight is 355 g/mol. The Morgan fingerprint density at radius 1 is 1.15 bits per heavy atom. The molecule has 0 N–H and O–H groups in total. The second-order valence-electron chi connectivity index (χ2n) is 7.24. The highest BCUT2D eigenvalue weighted by atomic mass is 19.1.